The van der Waals surface area contributed by atoms with Crippen LogP contribution in [0.15, 0.2) is 41.3 Å². The number of anilines is 3. The van der Waals surface area contributed by atoms with Gasteiger partial charge in [0.1, 0.15) is 5.82 Å². The van der Waals surface area contributed by atoms with Crippen LogP contribution in [0.1, 0.15) is 24.1 Å². The van der Waals surface area contributed by atoms with Gasteiger partial charge in [0, 0.05) is 56.0 Å². The maximum atomic E-state index is 9.35. The van der Waals surface area contributed by atoms with E-state index in [2.05, 4.69) is 20.5 Å². The number of rotatable bonds is 8. The SMILES string of the molecule is OCCN1CCc2nc(Nc3ccc(-c4cnco4)cc3)nc(NCC3CCCO3)c2C1. The fourth-order valence-electron chi connectivity index (χ4n) is 4.23. The summed E-state index contributed by atoms with van der Waals surface area (Å²) in [5.41, 5.74) is 4.01. The monoisotopic (exact) mass is 436 g/mol. The number of hydrogen-bond acceptors (Lipinski definition) is 9. The second-order valence-electron chi connectivity index (χ2n) is 8.15. The Kier molecular flexibility index (Phi) is 6.29. The summed E-state index contributed by atoms with van der Waals surface area (Å²) in [5.74, 6) is 2.14. The van der Waals surface area contributed by atoms with Crippen LogP contribution in [0.2, 0.25) is 0 Å². The number of fused-ring (bicyclic) bond motifs is 1. The van der Waals surface area contributed by atoms with E-state index in [1.165, 1.54) is 6.39 Å². The number of nitrogens with one attached hydrogen (secondary N) is 2. The van der Waals surface area contributed by atoms with Crippen LogP contribution >= 0.6 is 0 Å². The van der Waals surface area contributed by atoms with Crippen LogP contribution in [0.5, 0.6) is 0 Å². The van der Waals surface area contributed by atoms with Crippen LogP contribution in [0.4, 0.5) is 17.5 Å². The maximum absolute atomic E-state index is 9.35. The molecule has 5 rings (SSSR count). The minimum Gasteiger partial charge on any atom is -0.444 e. The highest BCUT2D eigenvalue weighted by molar-refractivity contribution is 5.64. The van der Waals surface area contributed by atoms with Gasteiger partial charge in [-0.15, -0.1) is 0 Å². The highest BCUT2D eigenvalue weighted by atomic mass is 16.5. The summed E-state index contributed by atoms with van der Waals surface area (Å²) in [7, 11) is 0. The molecule has 0 bridgehead atoms. The van der Waals surface area contributed by atoms with Crippen molar-refractivity contribution in [1.29, 1.82) is 0 Å². The van der Waals surface area contributed by atoms with Gasteiger partial charge in [-0.1, -0.05) is 0 Å². The molecule has 2 aromatic heterocycles. The van der Waals surface area contributed by atoms with Crippen LogP contribution < -0.4 is 10.6 Å². The van der Waals surface area contributed by atoms with E-state index < -0.39 is 0 Å². The van der Waals surface area contributed by atoms with Gasteiger partial charge in [-0.2, -0.15) is 4.98 Å². The third kappa shape index (κ3) is 4.74. The Morgan fingerprint density at radius 1 is 1.19 bits per heavy atom. The van der Waals surface area contributed by atoms with E-state index in [0.717, 1.165) is 79.6 Å². The first-order chi connectivity index (χ1) is 15.8. The van der Waals surface area contributed by atoms with Crippen molar-refractivity contribution in [1.82, 2.24) is 19.9 Å². The predicted octanol–water partition coefficient (Wildman–Crippen LogP) is 2.82. The Hall–Kier alpha value is -3.01. The van der Waals surface area contributed by atoms with Crippen LogP contribution in [0.3, 0.4) is 0 Å². The zero-order valence-corrected chi connectivity index (χ0v) is 18.0. The Bertz CT molecular complexity index is 1020. The average Bonchev–Trinajstić information content (AvgIpc) is 3.53. The van der Waals surface area contributed by atoms with Gasteiger partial charge in [-0.3, -0.25) is 4.90 Å². The predicted molar refractivity (Wildman–Crippen MR) is 121 cm³/mol. The lowest BCUT2D eigenvalue weighted by Gasteiger charge is -2.29. The molecule has 0 amide bonds. The van der Waals surface area contributed by atoms with Gasteiger partial charge in [-0.05, 0) is 37.1 Å². The topological polar surface area (TPSA) is 109 Å². The number of aliphatic hydroxyl groups is 1. The molecule has 0 aliphatic carbocycles. The Balaban J connectivity index is 1.36. The second-order valence-corrected chi connectivity index (χ2v) is 8.15. The summed E-state index contributed by atoms with van der Waals surface area (Å²) >= 11 is 0. The number of nitrogens with zero attached hydrogens (tertiary/aromatic N) is 4. The smallest absolute Gasteiger partial charge is 0.229 e. The summed E-state index contributed by atoms with van der Waals surface area (Å²) in [5, 5.41) is 16.2. The lowest BCUT2D eigenvalue weighted by molar-refractivity contribution is 0.120. The molecule has 2 aliphatic rings. The molecule has 0 radical (unpaired) electrons. The van der Waals surface area contributed by atoms with Gasteiger partial charge in [0.2, 0.25) is 5.95 Å². The molecule has 32 heavy (non-hydrogen) atoms. The van der Waals surface area contributed by atoms with Crippen LogP contribution in [-0.4, -0.2) is 63.9 Å². The molecule has 1 unspecified atom stereocenters. The van der Waals surface area contributed by atoms with Crippen molar-refractivity contribution in [2.45, 2.75) is 31.9 Å². The molecular formula is C23H28N6O3. The van der Waals surface area contributed by atoms with Crippen molar-refractivity contribution in [2.75, 3.05) is 43.5 Å². The quantitative estimate of drug-likeness (QED) is 0.491. The molecule has 168 valence electrons. The maximum Gasteiger partial charge on any atom is 0.229 e. The molecular weight excluding hydrogens is 408 g/mol. The minimum atomic E-state index is 0.151. The highest BCUT2D eigenvalue weighted by Gasteiger charge is 2.23. The van der Waals surface area contributed by atoms with Crippen LogP contribution in [-0.2, 0) is 17.7 Å². The van der Waals surface area contributed by atoms with Gasteiger partial charge in [0.15, 0.2) is 12.2 Å². The van der Waals surface area contributed by atoms with Crippen molar-refractivity contribution in [3.8, 4) is 11.3 Å². The van der Waals surface area contributed by atoms with Gasteiger partial charge in [-0.25, -0.2) is 9.97 Å². The fraction of sp³-hybridized carbons (Fsp3) is 0.435. The van der Waals surface area contributed by atoms with E-state index in [0.29, 0.717) is 12.5 Å². The summed E-state index contributed by atoms with van der Waals surface area (Å²) < 4.78 is 11.1. The third-order valence-electron chi connectivity index (χ3n) is 5.93. The molecule has 3 N–H and O–H groups in total. The molecule has 9 nitrogen and oxygen atoms in total. The number of hydrogen-bond donors (Lipinski definition) is 3. The summed E-state index contributed by atoms with van der Waals surface area (Å²) in [6.07, 6.45) is 6.34. The fourth-order valence-corrected chi connectivity index (χ4v) is 4.23. The van der Waals surface area contributed by atoms with Crippen molar-refractivity contribution in [3.63, 3.8) is 0 Å². The molecule has 0 saturated carbocycles. The van der Waals surface area contributed by atoms with Gasteiger partial charge < -0.3 is 24.9 Å². The van der Waals surface area contributed by atoms with Gasteiger partial charge >= 0.3 is 0 Å². The van der Waals surface area contributed by atoms with Crippen molar-refractivity contribution in [2.24, 2.45) is 0 Å². The van der Waals surface area contributed by atoms with E-state index >= 15 is 0 Å². The zero-order valence-electron chi connectivity index (χ0n) is 18.0. The van der Waals surface area contributed by atoms with Crippen LogP contribution in [0, 0.1) is 0 Å². The number of benzene rings is 1. The Morgan fingerprint density at radius 3 is 2.84 bits per heavy atom. The highest BCUT2D eigenvalue weighted by Crippen LogP contribution is 2.28. The number of β-amino-alcohol motifs (C(OH)–C–C–N with tert-alkyl or cyclic N) is 1. The molecule has 1 fully saturated rings. The first-order valence-corrected chi connectivity index (χ1v) is 11.1. The minimum absolute atomic E-state index is 0.151. The molecule has 1 atom stereocenters. The number of aromatic nitrogens is 3. The molecule has 2 aliphatic heterocycles. The summed E-state index contributed by atoms with van der Waals surface area (Å²) in [4.78, 5) is 15.8. The third-order valence-corrected chi connectivity index (χ3v) is 5.93. The largest absolute Gasteiger partial charge is 0.444 e. The summed E-state index contributed by atoms with van der Waals surface area (Å²) in [6.45, 7) is 3.97. The molecule has 4 heterocycles. The normalized spacial score (nSPS) is 18.5. The van der Waals surface area contributed by atoms with E-state index in [4.69, 9.17) is 19.1 Å². The van der Waals surface area contributed by atoms with E-state index in [9.17, 15) is 5.11 Å². The summed E-state index contributed by atoms with van der Waals surface area (Å²) in [6, 6.07) is 7.90. The Morgan fingerprint density at radius 2 is 2.09 bits per heavy atom. The molecule has 1 saturated heterocycles. The number of oxazole rings is 1. The second kappa shape index (κ2) is 9.64. The first-order valence-electron chi connectivity index (χ1n) is 11.1. The lowest BCUT2D eigenvalue weighted by atomic mass is 10.1. The standard InChI is InChI=1S/C23H28N6O3/c30-10-9-29-8-7-20-19(14-29)22(25-12-18-2-1-11-31-18)28-23(27-20)26-17-5-3-16(4-6-17)21-13-24-15-32-21/h3-6,13,15,18,30H,1-2,7-12,14H2,(H2,25,26,27,28). The van der Waals surface area contributed by atoms with E-state index in [1.54, 1.807) is 6.20 Å². The lowest BCUT2D eigenvalue weighted by Crippen LogP contribution is -2.34. The molecule has 1 aromatic carbocycles. The van der Waals surface area contributed by atoms with Gasteiger partial charge in [0.05, 0.1) is 24.6 Å². The Labute approximate surface area is 186 Å². The molecule has 0 spiro atoms. The van der Waals surface area contributed by atoms with Crippen molar-refractivity contribution < 1.29 is 14.3 Å². The van der Waals surface area contributed by atoms with E-state index in [1.807, 2.05) is 24.3 Å². The molecule has 3 aromatic rings. The van der Waals surface area contributed by atoms with Crippen molar-refractivity contribution >= 4 is 17.5 Å². The number of ether oxygens (including phenoxy) is 1. The first kappa shape index (κ1) is 20.9. The van der Waals surface area contributed by atoms with Gasteiger partial charge in [0.25, 0.3) is 0 Å². The van der Waals surface area contributed by atoms with Crippen molar-refractivity contribution in [3.05, 3.63) is 48.1 Å². The zero-order chi connectivity index (χ0) is 21.8. The molecule has 9 heteroatoms. The van der Waals surface area contributed by atoms with Crippen LogP contribution in [0.25, 0.3) is 11.3 Å². The number of aliphatic hydroxyl groups excluding tert-OH is 1. The average molecular weight is 437 g/mol. The van der Waals surface area contributed by atoms with E-state index in [-0.39, 0.29) is 12.7 Å².